The zero-order chi connectivity index (χ0) is 13.8. The molecule has 2 unspecified atom stereocenters. The largest absolute Gasteiger partial charge is 0.393 e. The van der Waals surface area contributed by atoms with Crippen molar-refractivity contribution in [3.05, 3.63) is 47.4 Å². The molecule has 0 saturated heterocycles. The Labute approximate surface area is 111 Å². The maximum absolute atomic E-state index is 13.5. The van der Waals surface area contributed by atoms with E-state index in [4.69, 9.17) is 4.52 Å². The third-order valence-corrected chi connectivity index (χ3v) is 3.13. The fraction of sp³-hybridized carbons (Fsp3) is 0.429. The average molecular weight is 264 g/mol. The first-order chi connectivity index (χ1) is 9.11. The summed E-state index contributed by atoms with van der Waals surface area (Å²) in [4.78, 5) is 4.23. The summed E-state index contributed by atoms with van der Waals surface area (Å²) in [7, 11) is 0. The summed E-state index contributed by atoms with van der Waals surface area (Å²) in [5.74, 6) is 0.376. The monoisotopic (exact) mass is 264 g/mol. The minimum absolute atomic E-state index is 0.179. The number of rotatable bonds is 5. The van der Waals surface area contributed by atoms with Crippen LogP contribution in [0.2, 0.25) is 0 Å². The van der Waals surface area contributed by atoms with Crippen molar-refractivity contribution >= 4 is 0 Å². The van der Waals surface area contributed by atoms with Gasteiger partial charge in [0.05, 0.1) is 12.0 Å². The summed E-state index contributed by atoms with van der Waals surface area (Å²) in [5, 5.41) is 13.5. The Morgan fingerprint density at radius 3 is 2.74 bits per heavy atom. The molecule has 0 saturated carbocycles. The van der Waals surface area contributed by atoms with Crippen LogP contribution in [0.3, 0.4) is 0 Å². The molecule has 0 spiro atoms. The van der Waals surface area contributed by atoms with E-state index in [0.29, 0.717) is 23.7 Å². The molecular formula is C14H17FN2O2. The van der Waals surface area contributed by atoms with E-state index < -0.39 is 6.10 Å². The molecule has 1 aromatic heterocycles. The SMILES string of the molecule is CCC(c1nc(Cc2ccccc2F)no1)C(C)O. The number of aromatic nitrogens is 2. The second-order valence-electron chi connectivity index (χ2n) is 4.57. The van der Waals surface area contributed by atoms with Gasteiger partial charge in [0.15, 0.2) is 5.82 Å². The fourth-order valence-electron chi connectivity index (χ4n) is 2.02. The lowest BCUT2D eigenvalue weighted by molar-refractivity contribution is 0.141. The topological polar surface area (TPSA) is 59.2 Å². The zero-order valence-corrected chi connectivity index (χ0v) is 11.0. The summed E-state index contributed by atoms with van der Waals surface area (Å²) in [6.07, 6.45) is 0.442. The molecule has 2 atom stereocenters. The highest BCUT2D eigenvalue weighted by Crippen LogP contribution is 2.22. The molecule has 0 aliphatic rings. The Morgan fingerprint density at radius 2 is 2.11 bits per heavy atom. The molecule has 1 aromatic carbocycles. The van der Waals surface area contributed by atoms with Crippen LogP contribution in [0, 0.1) is 5.82 Å². The Morgan fingerprint density at radius 1 is 1.37 bits per heavy atom. The lowest BCUT2D eigenvalue weighted by Crippen LogP contribution is -2.14. The van der Waals surface area contributed by atoms with Crippen molar-refractivity contribution in [2.45, 2.75) is 38.7 Å². The van der Waals surface area contributed by atoms with Crippen molar-refractivity contribution < 1.29 is 14.0 Å². The number of hydrogen-bond donors (Lipinski definition) is 1. The van der Waals surface area contributed by atoms with E-state index in [-0.39, 0.29) is 18.2 Å². The highest BCUT2D eigenvalue weighted by molar-refractivity contribution is 5.20. The summed E-state index contributed by atoms with van der Waals surface area (Å²) < 4.78 is 18.7. The molecule has 0 aliphatic heterocycles. The van der Waals surface area contributed by atoms with Crippen LogP contribution in [-0.4, -0.2) is 21.4 Å². The van der Waals surface area contributed by atoms with Crippen LogP contribution in [0.15, 0.2) is 28.8 Å². The molecule has 0 fully saturated rings. The van der Waals surface area contributed by atoms with Crippen LogP contribution < -0.4 is 0 Å². The van der Waals surface area contributed by atoms with Gasteiger partial charge in [0.25, 0.3) is 0 Å². The average Bonchev–Trinajstić information content (AvgIpc) is 2.81. The standard InChI is InChI=1S/C14H17FN2O2/c1-3-11(9(2)18)14-16-13(17-19-14)8-10-6-4-5-7-12(10)15/h4-7,9,11,18H,3,8H2,1-2H3. The molecule has 5 heteroatoms. The van der Waals surface area contributed by atoms with E-state index >= 15 is 0 Å². The quantitative estimate of drug-likeness (QED) is 0.902. The van der Waals surface area contributed by atoms with Gasteiger partial charge in [-0.2, -0.15) is 4.98 Å². The highest BCUT2D eigenvalue weighted by Gasteiger charge is 2.22. The number of halogens is 1. The summed E-state index contributed by atoms with van der Waals surface area (Å²) in [6.45, 7) is 3.63. The predicted molar refractivity (Wildman–Crippen MR) is 68.2 cm³/mol. The smallest absolute Gasteiger partial charge is 0.232 e. The van der Waals surface area contributed by atoms with Crippen LogP contribution >= 0.6 is 0 Å². The molecule has 0 radical (unpaired) electrons. The van der Waals surface area contributed by atoms with Crippen molar-refractivity contribution in [3.63, 3.8) is 0 Å². The lowest BCUT2D eigenvalue weighted by atomic mass is 10.0. The Bertz CT molecular complexity index is 540. The van der Waals surface area contributed by atoms with Gasteiger partial charge in [-0.1, -0.05) is 30.3 Å². The van der Waals surface area contributed by atoms with Crippen molar-refractivity contribution in [2.24, 2.45) is 0 Å². The lowest BCUT2D eigenvalue weighted by Gasteiger charge is -2.12. The minimum atomic E-state index is -0.549. The number of aliphatic hydroxyl groups is 1. The number of aliphatic hydroxyl groups excluding tert-OH is 1. The van der Waals surface area contributed by atoms with Crippen LogP contribution in [0.4, 0.5) is 4.39 Å². The maximum atomic E-state index is 13.5. The predicted octanol–water partition coefficient (Wildman–Crippen LogP) is 2.67. The van der Waals surface area contributed by atoms with E-state index in [0.717, 1.165) is 0 Å². The van der Waals surface area contributed by atoms with Crippen molar-refractivity contribution in [1.29, 1.82) is 0 Å². The Hall–Kier alpha value is -1.75. The van der Waals surface area contributed by atoms with E-state index in [2.05, 4.69) is 10.1 Å². The van der Waals surface area contributed by atoms with Gasteiger partial charge in [0.2, 0.25) is 5.89 Å². The first kappa shape index (κ1) is 13.7. The fourth-order valence-corrected chi connectivity index (χ4v) is 2.02. The third kappa shape index (κ3) is 3.17. The van der Waals surface area contributed by atoms with Gasteiger partial charge in [0.1, 0.15) is 5.82 Å². The molecule has 1 heterocycles. The van der Waals surface area contributed by atoms with E-state index in [1.165, 1.54) is 6.07 Å². The van der Waals surface area contributed by atoms with Gasteiger partial charge in [0, 0.05) is 6.42 Å². The molecule has 2 aromatic rings. The van der Waals surface area contributed by atoms with Crippen LogP contribution in [-0.2, 0) is 6.42 Å². The summed E-state index contributed by atoms with van der Waals surface area (Å²) in [6, 6.07) is 6.50. The molecule has 2 rings (SSSR count). The molecule has 102 valence electrons. The number of nitrogens with zero attached hydrogens (tertiary/aromatic N) is 2. The molecule has 19 heavy (non-hydrogen) atoms. The van der Waals surface area contributed by atoms with Crippen molar-refractivity contribution in [1.82, 2.24) is 10.1 Å². The zero-order valence-electron chi connectivity index (χ0n) is 11.0. The first-order valence-corrected chi connectivity index (χ1v) is 6.35. The van der Waals surface area contributed by atoms with Crippen LogP contribution in [0.1, 0.15) is 43.5 Å². The summed E-state index contributed by atoms with van der Waals surface area (Å²) >= 11 is 0. The molecular weight excluding hydrogens is 247 g/mol. The van der Waals surface area contributed by atoms with Crippen molar-refractivity contribution in [3.8, 4) is 0 Å². The van der Waals surface area contributed by atoms with Crippen LogP contribution in [0.5, 0.6) is 0 Å². The van der Waals surface area contributed by atoms with Gasteiger partial charge in [-0.25, -0.2) is 4.39 Å². The number of hydrogen-bond acceptors (Lipinski definition) is 4. The highest BCUT2D eigenvalue weighted by atomic mass is 19.1. The second kappa shape index (κ2) is 5.93. The molecule has 1 N–H and O–H groups in total. The van der Waals surface area contributed by atoms with E-state index in [1.54, 1.807) is 25.1 Å². The first-order valence-electron chi connectivity index (χ1n) is 6.35. The third-order valence-electron chi connectivity index (χ3n) is 3.13. The Balaban J connectivity index is 2.16. The van der Waals surface area contributed by atoms with Gasteiger partial charge in [-0.3, -0.25) is 0 Å². The second-order valence-corrected chi connectivity index (χ2v) is 4.57. The summed E-state index contributed by atoms with van der Waals surface area (Å²) in [5.41, 5.74) is 0.528. The molecule has 0 aliphatic carbocycles. The Kier molecular flexibility index (Phi) is 4.27. The minimum Gasteiger partial charge on any atom is -0.393 e. The van der Waals surface area contributed by atoms with Gasteiger partial charge >= 0.3 is 0 Å². The molecule has 0 amide bonds. The number of benzene rings is 1. The van der Waals surface area contributed by atoms with Crippen molar-refractivity contribution in [2.75, 3.05) is 0 Å². The van der Waals surface area contributed by atoms with Gasteiger partial charge in [-0.15, -0.1) is 0 Å². The van der Waals surface area contributed by atoms with Gasteiger partial charge < -0.3 is 9.63 Å². The van der Waals surface area contributed by atoms with E-state index in [1.807, 2.05) is 6.92 Å². The maximum Gasteiger partial charge on any atom is 0.232 e. The molecule has 0 bridgehead atoms. The van der Waals surface area contributed by atoms with Crippen LogP contribution in [0.25, 0.3) is 0 Å². The van der Waals surface area contributed by atoms with E-state index in [9.17, 15) is 9.50 Å². The van der Waals surface area contributed by atoms with Gasteiger partial charge in [-0.05, 0) is 25.0 Å². The molecule has 4 nitrogen and oxygen atoms in total. The normalized spacial score (nSPS) is 14.3.